The Hall–Kier alpha value is -4.71. The van der Waals surface area contributed by atoms with Crippen molar-refractivity contribution in [2.24, 2.45) is 0 Å². The summed E-state index contributed by atoms with van der Waals surface area (Å²) in [5.41, 5.74) is 6.71. The van der Waals surface area contributed by atoms with Gasteiger partial charge in [0.15, 0.2) is 0 Å². The number of carboxylic acid groups (broad SMARTS) is 1. The van der Waals surface area contributed by atoms with E-state index in [2.05, 4.69) is 5.32 Å². The number of hydrogen-bond acceptors (Lipinski definition) is 4. The van der Waals surface area contributed by atoms with Gasteiger partial charge in [-0.05, 0) is 41.5 Å². The summed E-state index contributed by atoms with van der Waals surface area (Å²) in [5, 5.41) is 12.0. The Morgan fingerprint density at radius 3 is 2.14 bits per heavy atom. The van der Waals surface area contributed by atoms with Gasteiger partial charge in [-0.25, -0.2) is 0 Å². The van der Waals surface area contributed by atoms with E-state index in [1.807, 2.05) is 121 Å². The standard InChI is InChI=1S/C30H25N3O3/c1-32-28(21-11-4-2-5-12-21)29(22-13-6-3-7-14-22)33(36)30(32)26-18-9-8-17-25(26)23-15-10-16-24(19-23)31-20-27(34)35/h2-19,30-31H,20H2,1H3/p+1. The SMILES string of the molecule is CN1C(c2ccccc2)=C(c2ccccc2)[N+](=O)C1c1ccccc1-c1cccc(NCC(=O)O)c1. The molecule has 0 amide bonds. The van der Waals surface area contributed by atoms with E-state index in [9.17, 15) is 9.70 Å². The highest BCUT2D eigenvalue weighted by Gasteiger charge is 2.48. The predicted octanol–water partition coefficient (Wildman–Crippen LogP) is 6.10. The average Bonchev–Trinajstić information content (AvgIpc) is 3.18. The molecule has 2 N–H and O–H groups in total. The van der Waals surface area contributed by atoms with Crippen LogP contribution in [0.4, 0.5) is 5.69 Å². The predicted molar refractivity (Wildman–Crippen MR) is 142 cm³/mol. The number of rotatable bonds is 7. The van der Waals surface area contributed by atoms with E-state index in [0.29, 0.717) is 11.4 Å². The van der Waals surface area contributed by atoms with Gasteiger partial charge >= 0.3 is 12.1 Å². The molecule has 0 aliphatic carbocycles. The molecule has 36 heavy (non-hydrogen) atoms. The number of benzene rings is 4. The number of anilines is 1. The topological polar surface area (TPSA) is 72.7 Å². The number of hydrogen-bond donors (Lipinski definition) is 2. The quantitative estimate of drug-likeness (QED) is 0.315. The van der Waals surface area contributed by atoms with Crippen molar-refractivity contribution in [3.63, 3.8) is 0 Å². The zero-order valence-corrected chi connectivity index (χ0v) is 19.8. The minimum Gasteiger partial charge on any atom is -0.480 e. The first-order valence-electron chi connectivity index (χ1n) is 11.7. The molecule has 0 aromatic heterocycles. The van der Waals surface area contributed by atoms with Crippen LogP contribution in [0.25, 0.3) is 22.5 Å². The maximum Gasteiger partial charge on any atom is 0.322 e. The molecule has 0 saturated heterocycles. The van der Waals surface area contributed by atoms with E-state index in [-0.39, 0.29) is 6.54 Å². The molecule has 1 heterocycles. The third-order valence-electron chi connectivity index (χ3n) is 6.34. The highest BCUT2D eigenvalue weighted by molar-refractivity contribution is 5.88. The highest BCUT2D eigenvalue weighted by Crippen LogP contribution is 2.45. The fraction of sp³-hybridized carbons (Fsp3) is 0.100. The van der Waals surface area contributed by atoms with Gasteiger partial charge in [-0.2, -0.15) is 0 Å². The lowest BCUT2D eigenvalue weighted by atomic mass is 9.97. The molecular formula is C30H26N3O3+. The number of nitrogens with zero attached hydrogens (tertiary/aromatic N) is 2. The van der Waals surface area contributed by atoms with Crippen LogP contribution in [0.5, 0.6) is 0 Å². The summed E-state index contributed by atoms with van der Waals surface area (Å²) in [6, 6.07) is 35.2. The second-order valence-electron chi connectivity index (χ2n) is 8.65. The molecule has 178 valence electrons. The number of nitrogens with one attached hydrogen (secondary N) is 1. The Balaban J connectivity index is 1.61. The Morgan fingerprint density at radius 1 is 0.833 bits per heavy atom. The summed E-state index contributed by atoms with van der Waals surface area (Å²) in [5.74, 6) is -0.927. The first-order chi connectivity index (χ1) is 17.5. The lowest BCUT2D eigenvalue weighted by molar-refractivity contribution is -0.516. The van der Waals surface area contributed by atoms with Crippen molar-refractivity contribution in [2.45, 2.75) is 6.17 Å². The summed E-state index contributed by atoms with van der Waals surface area (Å²) in [6.07, 6.45) is -0.581. The van der Waals surface area contributed by atoms with Crippen molar-refractivity contribution in [2.75, 3.05) is 18.9 Å². The smallest absolute Gasteiger partial charge is 0.322 e. The van der Waals surface area contributed by atoms with Gasteiger partial charge in [0, 0.05) is 23.2 Å². The molecule has 6 nitrogen and oxygen atoms in total. The molecule has 4 aromatic rings. The molecule has 1 aliphatic rings. The van der Waals surface area contributed by atoms with Gasteiger partial charge < -0.3 is 15.3 Å². The van der Waals surface area contributed by atoms with Crippen LogP contribution in [-0.2, 0) is 4.79 Å². The number of aliphatic carboxylic acids is 1. The van der Waals surface area contributed by atoms with E-state index in [4.69, 9.17) is 5.11 Å². The van der Waals surface area contributed by atoms with Crippen LogP contribution in [0, 0.1) is 4.91 Å². The monoisotopic (exact) mass is 476 g/mol. The van der Waals surface area contributed by atoms with E-state index >= 15 is 0 Å². The van der Waals surface area contributed by atoms with Gasteiger partial charge in [-0.1, -0.05) is 78.9 Å². The van der Waals surface area contributed by atoms with Gasteiger partial charge in [0.05, 0.1) is 15.9 Å². The summed E-state index contributed by atoms with van der Waals surface area (Å²) in [4.78, 5) is 27.1. The van der Waals surface area contributed by atoms with Crippen molar-refractivity contribution in [1.29, 1.82) is 0 Å². The summed E-state index contributed by atoms with van der Waals surface area (Å²) >= 11 is 0. The van der Waals surface area contributed by atoms with Crippen LogP contribution in [-0.4, -0.2) is 34.3 Å². The van der Waals surface area contributed by atoms with Crippen LogP contribution >= 0.6 is 0 Å². The number of carbonyl (C=O) groups is 1. The molecule has 1 unspecified atom stereocenters. The summed E-state index contributed by atoms with van der Waals surface area (Å²) < 4.78 is 1.10. The van der Waals surface area contributed by atoms with E-state index in [1.165, 1.54) is 0 Å². The van der Waals surface area contributed by atoms with Gasteiger partial charge in [0.1, 0.15) is 12.2 Å². The molecule has 0 radical (unpaired) electrons. The Kier molecular flexibility index (Phi) is 6.33. The van der Waals surface area contributed by atoms with E-state index in [1.54, 1.807) is 0 Å². The minimum absolute atomic E-state index is 0.171. The first-order valence-corrected chi connectivity index (χ1v) is 11.7. The lowest BCUT2D eigenvalue weighted by Gasteiger charge is -2.20. The van der Waals surface area contributed by atoms with Gasteiger partial charge in [0.25, 0.3) is 5.70 Å². The Labute approximate surface area is 209 Å². The molecule has 0 bridgehead atoms. The van der Waals surface area contributed by atoms with Crippen molar-refractivity contribution in [3.05, 3.63) is 131 Å². The van der Waals surface area contributed by atoms with Crippen molar-refractivity contribution < 1.29 is 14.7 Å². The molecular weight excluding hydrogens is 450 g/mol. The lowest BCUT2D eigenvalue weighted by Crippen LogP contribution is -2.24. The zero-order valence-electron chi connectivity index (χ0n) is 19.8. The summed E-state index contributed by atoms with van der Waals surface area (Å²) in [6.45, 7) is -0.171. The molecule has 1 atom stereocenters. The molecule has 0 fully saturated rings. The van der Waals surface area contributed by atoms with Crippen LogP contribution in [0.3, 0.4) is 0 Å². The van der Waals surface area contributed by atoms with Crippen molar-refractivity contribution in [1.82, 2.24) is 4.90 Å². The average molecular weight is 477 g/mol. The fourth-order valence-corrected chi connectivity index (χ4v) is 4.76. The van der Waals surface area contributed by atoms with Gasteiger partial charge in [0.2, 0.25) is 0 Å². The van der Waals surface area contributed by atoms with Gasteiger partial charge in [-0.3, -0.25) is 4.79 Å². The molecule has 6 heteroatoms. The molecule has 0 spiro atoms. The molecule has 5 rings (SSSR count). The van der Waals surface area contributed by atoms with E-state index in [0.717, 1.165) is 38.3 Å². The summed E-state index contributed by atoms with van der Waals surface area (Å²) in [7, 11) is 1.95. The van der Waals surface area contributed by atoms with Crippen LogP contribution in [0.1, 0.15) is 22.9 Å². The molecule has 1 aliphatic heterocycles. The fourth-order valence-electron chi connectivity index (χ4n) is 4.76. The normalized spacial score (nSPS) is 15.3. The second-order valence-corrected chi connectivity index (χ2v) is 8.65. The third-order valence-corrected chi connectivity index (χ3v) is 6.34. The zero-order chi connectivity index (χ0) is 25.1. The van der Waals surface area contributed by atoms with Crippen molar-refractivity contribution in [3.8, 4) is 11.1 Å². The van der Waals surface area contributed by atoms with Crippen LogP contribution in [0.15, 0.2) is 109 Å². The molecule has 4 aromatic carbocycles. The largest absolute Gasteiger partial charge is 0.480 e. The second kappa shape index (κ2) is 9.88. The molecule has 0 saturated carbocycles. The van der Waals surface area contributed by atoms with Gasteiger partial charge in [-0.15, -0.1) is 0 Å². The maximum atomic E-state index is 14.1. The van der Waals surface area contributed by atoms with Crippen LogP contribution in [0.2, 0.25) is 0 Å². The Morgan fingerprint density at radius 2 is 1.44 bits per heavy atom. The highest BCUT2D eigenvalue weighted by atomic mass is 16.4. The van der Waals surface area contributed by atoms with E-state index < -0.39 is 12.1 Å². The first kappa shape index (κ1) is 23.1. The van der Waals surface area contributed by atoms with Crippen LogP contribution < -0.4 is 5.32 Å². The van der Waals surface area contributed by atoms with Crippen molar-refractivity contribution >= 4 is 23.1 Å². The number of carboxylic acids is 1. The minimum atomic E-state index is -0.927. The Bertz CT molecular complexity index is 1450. The third kappa shape index (κ3) is 4.36. The number of nitroso groups, excluding NO2 is 1. The maximum absolute atomic E-state index is 14.1.